The molecule has 4 nitrogen and oxygen atoms in total. The Morgan fingerprint density at radius 1 is 0.958 bits per heavy atom. The fourth-order valence-electron chi connectivity index (χ4n) is 2.04. The molecular weight excluding hydrogens is 347 g/mol. The number of halogens is 2. The normalized spacial score (nSPS) is 10.2. The molecule has 0 unspecified atom stereocenters. The van der Waals surface area contributed by atoms with E-state index in [4.69, 9.17) is 27.9 Å². The Balaban J connectivity index is 1.85. The van der Waals surface area contributed by atoms with Crippen LogP contribution in [0.1, 0.15) is 10.4 Å². The lowest BCUT2D eigenvalue weighted by Gasteiger charge is -2.11. The Morgan fingerprint density at radius 3 is 2.54 bits per heavy atom. The van der Waals surface area contributed by atoms with Crippen LogP contribution in [0.3, 0.4) is 0 Å². The van der Waals surface area contributed by atoms with Crippen molar-refractivity contribution in [2.45, 2.75) is 0 Å². The molecule has 0 bridgehead atoms. The molecule has 2 aromatic carbocycles. The first-order valence-corrected chi connectivity index (χ1v) is 7.84. The number of hydrogen-bond donors (Lipinski definition) is 1. The maximum Gasteiger partial charge on any atom is 0.257 e. The van der Waals surface area contributed by atoms with Gasteiger partial charge in [-0.15, -0.1) is 0 Å². The Hall–Kier alpha value is -2.56. The summed E-state index contributed by atoms with van der Waals surface area (Å²) in [6.07, 6.45) is 1.58. The number of aromatic nitrogens is 1. The van der Waals surface area contributed by atoms with Gasteiger partial charge in [-0.3, -0.25) is 4.79 Å². The van der Waals surface area contributed by atoms with Gasteiger partial charge in [0.25, 0.3) is 5.91 Å². The van der Waals surface area contributed by atoms with Crippen LogP contribution in [0.15, 0.2) is 66.9 Å². The summed E-state index contributed by atoms with van der Waals surface area (Å²) in [5.74, 6) is 0.510. The largest absolute Gasteiger partial charge is 0.437 e. The number of carbonyl (C=O) groups excluding carboxylic acids is 1. The Labute approximate surface area is 149 Å². The maximum absolute atomic E-state index is 12.5. The third-order valence-electron chi connectivity index (χ3n) is 3.17. The van der Waals surface area contributed by atoms with Crippen molar-refractivity contribution in [3.8, 4) is 11.6 Å². The fraction of sp³-hybridized carbons (Fsp3) is 0. The van der Waals surface area contributed by atoms with Gasteiger partial charge in [0.1, 0.15) is 11.4 Å². The molecule has 120 valence electrons. The van der Waals surface area contributed by atoms with E-state index in [1.54, 1.807) is 48.7 Å². The minimum atomic E-state index is -0.395. The number of nitrogens with zero attached hydrogens (tertiary/aromatic N) is 1. The number of carbonyl (C=O) groups is 1. The highest BCUT2D eigenvalue weighted by molar-refractivity contribution is 6.44. The zero-order chi connectivity index (χ0) is 16.9. The van der Waals surface area contributed by atoms with E-state index >= 15 is 0 Å². The number of hydrogen-bond acceptors (Lipinski definition) is 3. The molecule has 0 aliphatic carbocycles. The zero-order valence-corrected chi connectivity index (χ0v) is 13.9. The van der Waals surface area contributed by atoms with E-state index in [0.717, 1.165) is 0 Å². The smallest absolute Gasteiger partial charge is 0.257 e. The van der Waals surface area contributed by atoms with E-state index in [1.807, 2.05) is 18.2 Å². The minimum absolute atomic E-state index is 0.200. The number of anilines is 1. The van der Waals surface area contributed by atoms with Crippen LogP contribution in [0.25, 0.3) is 0 Å². The van der Waals surface area contributed by atoms with Gasteiger partial charge in [0.05, 0.1) is 15.6 Å². The van der Waals surface area contributed by atoms with E-state index in [2.05, 4.69) is 10.3 Å². The van der Waals surface area contributed by atoms with Gasteiger partial charge in [0.15, 0.2) is 0 Å². The minimum Gasteiger partial charge on any atom is -0.437 e. The first-order chi connectivity index (χ1) is 11.6. The lowest BCUT2D eigenvalue weighted by Crippen LogP contribution is -2.13. The summed E-state index contributed by atoms with van der Waals surface area (Å²) in [5, 5.41) is 3.26. The van der Waals surface area contributed by atoms with Gasteiger partial charge in [-0.1, -0.05) is 47.5 Å². The summed E-state index contributed by atoms with van der Waals surface area (Å²) in [6, 6.07) is 17.5. The average Bonchev–Trinajstić information content (AvgIpc) is 2.60. The summed E-state index contributed by atoms with van der Waals surface area (Å²) in [4.78, 5) is 16.6. The molecule has 1 heterocycles. The lowest BCUT2D eigenvalue weighted by molar-refractivity contribution is 0.102. The molecule has 0 fully saturated rings. The Morgan fingerprint density at radius 2 is 1.75 bits per heavy atom. The van der Waals surface area contributed by atoms with Gasteiger partial charge >= 0.3 is 0 Å². The van der Waals surface area contributed by atoms with Crippen LogP contribution < -0.4 is 10.1 Å². The van der Waals surface area contributed by atoms with Crippen molar-refractivity contribution in [1.82, 2.24) is 4.98 Å². The highest BCUT2D eigenvalue weighted by atomic mass is 35.5. The van der Waals surface area contributed by atoms with Crippen molar-refractivity contribution in [3.63, 3.8) is 0 Å². The molecule has 1 N–H and O–H groups in total. The van der Waals surface area contributed by atoms with Crippen LogP contribution in [-0.2, 0) is 0 Å². The van der Waals surface area contributed by atoms with Crippen LogP contribution in [0.4, 0.5) is 5.69 Å². The van der Waals surface area contributed by atoms with Crippen LogP contribution in [0.2, 0.25) is 10.0 Å². The predicted molar refractivity (Wildman–Crippen MR) is 95.2 cm³/mol. The van der Waals surface area contributed by atoms with Crippen molar-refractivity contribution in [2.75, 3.05) is 5.32 Å². The molecule has 1 aromatic heterocycles. The number of para-hydroxylation sites is 1. The molecule has 0 radical (unpaired) electrons. The van der Waals surface area contributed by atoms with E-state index in [-0.39, 0.29) is 16.5 Å². The quantitative estimate of drug-likeness (QED) is 0.676. The summed E-state index contributed by atoms with van der Waals surface area (Å²) < 4.78 is 5.72. The standard InChI is InChI=1S/C18H12Cl2N2O2/c19-14-9-4-8-13(16(14)20)17(23)22-15-10-5-11-21-18(15)24-12-6-2-1-3-7-12/h1-11H,(H,22,23). The molecule has 0 saturated heterocycles. The third-order valence-corrected chi connectivity index (χ3v) is 3.99. The molecule has 0 spiro atoms. The monoisotopic (exact) mass is 358 g/mol. The Bertz CT molecular complexity index is 870. The van der Waals surface area contributed by atoms with E-state index < -0.39 is 5.91 Å². The Kier molecular flexibility index (Phi) is 4.99. The van der Waals surface area contributed by atoms with Gasteiger partial charge in [-0.2, -0.15) is 0 Å². The van der Waals surface area contributed by atoms with Crippen molar-refractivity contribution in [1.29, 1.82) is 0 Å². The fourth-order valence-corrected chi connectivity index (χ4v) is 2.42. The molecule has 6 heteroatoms. The SMILES string of the molecule is O=C(Nc1cccnc1Oc1ccccc1)c1cccc(Cl)c1Cl. The lowest BCUT2D eigenvalue weighted by atomic mass is 10.2. The van der Waals surface area contributed by atoms with E-state index in [0.29, 0.717) is 16.5 Å². The summed E-state index contributed by atoms with van der Waals surface area (Å²) in [5.41, 5.74) is 0.709. The molecule has 24 heavy (non-hydrogen) atoms. The molecule has 0 aliphatic rings. The second-order valence-electron chi connectivity index (χ2n) is 4.83. The van der Waals surface area contributed by atoms with Crippen molar-refractivity contribution in [2.24, 2.45) is 0 Å². The first kappa shape index (κ1) is 16.3. The van der Waals surface area contributed by atoms with Crippen LogP contribution >= 0.6 is 23.2 Å². The average molecular weight is 359 g/mol. The maximum atomic E-state index is 12.5. The summed E-state index contributed by atoms with van der Waals surface area (Å²) >= 11 is 12.0. The van der Waals surface area contributed by atoms with Gasteiger partial charge < -0.3 is 10.1 Å². The molecule has 0 saturated carbocycles. The van der Waals surface area contributed by atoms with Gasteiger partial charge in [0.2, 0.25) is 5.88 Å². The van der Waals surface area contributed by atoms with Gasteiger partial charge in [0, 0.05) is 6.20 Å². The number of ether oxygens (including phenoxy) is 1. The molecule has 3 aromatic rings. The van der Waals surface area contributed by atoms with Gasteiger partial charge in [-0.05, 0) is 36.4 Å². The predicted octanol–water partition coefficient (Wildman–Crippen LogP) is 5.43. The first-order valence-electron chi connectivity index (χ1n) is 7.08. The molecule has 3 rings (SSSR count). The number of amides is 1. The summed E-state index contributed by atoms with van der Waals surface area (Å²) in [7, 11) is 0. The van der Waals surface area contributed by atoms with E-state index in [1.165, 1.54) is 0 Å². The topological polar surface area (TPSA) is 51.2 Å². The number of pyridine rings is 1. The van der Waals surface area contributed by atoms with Crippen molar-refractivity contribution in [3.05, 3.63) is 82.5 Å². The zero-order valence-electron chi connectivity index (χ0n) is 12.4. The van der Waals surface area contributed by atoms with Crippen LogP contribution in [-0.4, -0.2) is 10.9 Å². The van der Waals surface area contributed by atoms with Gasteiger partial charge in [-0.25, -0.2) is 4.98 Å². The van der Waals surface area contributed by atoms with Crippen molar-refractivity contribution >= 4 is 34.8 Å². The van der Waals surface area contributed by atoms with Crippen molar-refractivity contribution < 1.29 is 9.53 Å². The molecule has 0 aliphatic heterocycles. The number of benzene rings is 2. The van der Waals surface area contributed by atoms with Crippen LogP contribution in [0.5, 0.6) is 11.6 Å². The highest BCUT2D eigenvalue weighted by Gasteiger charge is 2.15. The van der Waals surface area contributed by atoms with E-state index in [9.17, 15) is 4.79 Å². The molecule has 0 atom stereocenters. The second-order valence-corrected chi connectivity index (χ2v) is 5.61. The highest BCUT2D eigenvalue weighted by Crippen LogP contribution is 2.29. The summed E-state index contributed by atoms with van der Waals surface area (Å²) in [6.45, 7) is 0. The molecular formula is C18H12Cl2N2O2. The number of nitrogens with one attached hydrogen (secondary N) is 1. The van der Waals surface area contributed by atoms with Crippen LogP contribution in [0, 0.1) is 0 Å². The third kappa shape index (κ3) is 3.67. The number of rotatable bonds is 4. The second kappa shape index (κ2) is 7.34. The molecule has 1 amide bonds.